The molecule has 2 N–H and O–H groups in total. The quantitative estimate of drug-likeness (QED) is 0.471. The molecule has 0 saturated heterocycles. The van der Waals surface area contributed by atoms with Crippen molar-refractivity contribution in [3.63, 3.8) is 0 Å². The molecule has 0 aliphatic heterocycles. The van der Waals surface area contributed by atoms with Crippen LogP contribution >= 0.6 is 15.9 Å². The first kappa shape index (κ1) is 22.2. The van der Waals surface area contributed by atoms with Crippen molar-refractivity contribution in [2.75, 3.05) is 12.4 Å². The number of aryl methyl sites for hydroxylation is 1. The molecular weight excluding hydrogens is 455 g/mol. The first-order valence-electron chi connectivity index (χ1n) is 9.73. The van der Waals surface area contributed by atoms with Gasteiger partial charge < -0.3 is 10.1 Å². The highest BCUT2D eigenvalue weighted by atomic mass is 79.9. The third kappa shape index (κ3) is 4.82. The molecule has 8 heteroatoms. The van der Waals surface area contributed by atoms with E-state index >= 15 is 0 Å². The number of ether oxygens (including phenoxy) is 1. The minimum absolute atomic E-state index is 0.104. The number of nitrogens with zero attached hydrogens (tertiary/aromatic N) is 1. The van der Waals surface area contributed by atoms with Crippen molar-refractivity contribution in [2.24, 2.45) is 5.92 Å². The summed E-state index contributed by atoms with van der Waals surface area (Å²) in [6, 6.07) is 9.38. The zero-order valence-corrected chi connectivity index (χ0v) is 18.4. The van der Waals surface area contributed by atoms with E-state index < -0.39 is 17.8 Å². The largest absolute Gasteiger partial charge is 0.496 e. The van der Waals surface area contributed by atoms with E-state index in [2.05, 4.69) is 21.2 Å². The number of amides is 2. The van der Waals surface area contributed by atoms with Gasteiger partial charge in [0.05, 0.1) is 23.2 Å². The molecule has 6 nitrogen and oxygen atoms in total. The number of carbonyl (C=O) groups excluding carboxylic acids is 2. The third-order valence-corrected chi connectivity index (χ3v) is 6.09. The predicted molar refractivity (Wildman–Crippen MR) is 114 cm³/mol. The van der Waals surface area contributed by atoms with Crippen molar-refractivity contribution in [2.45, 2.75) is 38.6 Å². The van der Waals surface area contributed by atoms with Crippen molar-refractivity contribution in [3.8, 4) is 5.75 Å². The van der Waals surface area contributed by atoms with Crippen LogP contribution in [0.1, 0.15) is 41.6 Å². The van der Waals surface area contributed by atoms with Gasteiger partial charge in [-0.15, -0.1) is 0 Å². The molecule has 0 aromatic heterocycles. The number of anilines is 1. The first-order chi connectivity index (χ1) is 14.3. The summed E-state index contributed by atoms with van der Waals surface area (Å²) in [4.78, 5) is 25.1. The molecule has 0 unspecified atom stereocenters. The molecule has 1 aliphatic carbocycles. The molecule has 2 amide bonds. The fourth-order valence-electron chi connectivity index (χ4n) is 3.68. The SMILES string of the molecule is COc1cc(NC(=O)C2CCC(N(O)C(=O)c3cccc(Br)c3F)CC2)ccc1C. The Kier molecular flexibility index (Phi) is 7.10. The molecule has 2 aromatic rings. The molecule has 0 radical (unpaired) electrons. The van der Waals surface area contributed by atoms with Crippen molar-refractivity contribution in [1.29, 1.82) is 0 Å². The van der Waals surface area contributed by atoms with Crippen LogP contribution in [-0.2, 0) is 4.79 Å². The Morgan fingerprint density at radius 3 is 2.57 bits per heavy atom. The zero-order valence-electron chi connectivity index (χ0n) is 16.8. The Balaban J connectivity index is 1.58. The van der Waals surface area contributed by atoms with E-state index in [1.165, 1.54) is 18.2 Å². The average molecular weight is 479 g/mol. The van der Waals surface area contributed by atoms with Crippen molar-refractivity contribution in [1.82, 2.24) is 5.06 Å². The van der Waals surface area contributed by atoms with Crippen LogP contribution in [0.4, 0.5) is 10.1 Å². The zero-order chi connectivity index (χ0) is 21.8. The second-order valence-electron chi connectivity index (χ2n) is 7.43. The smallest absolute Gasteiger partial charge is 0.280 e. The van der Waals surface area contributed by atoms with Gasteiger partial charge in [0.15, 0.2) is 0 Å². The lowest BCUT2D eigenvalue weighted by atomic mass is 9.85. The maximum atomic E-state index is 14.2. The van der Waals surface area contributed by atoms with E-state index in [9.17, 15) is 19.2 Å². The van der Waals surface area contributed by atoms with Gasteiger partial charge in [0, 0.05) is 17.7 Å². The summed E-state index contributed by atoms with van der Waals surface area (Å²) < 4.78 is 19.6. The standard InChI is InChI=1S/C22H24BrFN2O4/c1-13-6-9-15(12-19(13)30-2)25-21(27)14-7-10-16(11-8-14)26(29)22(28)17-4-3-5-18(23)20(17)24/h3-6,9,12,14,16,29H,7-8,10-11H2,1-2H3,(H,25,27). The van der Waals surface area contributed by atoms with E-state index in [0.29, 0.717) is 42.2 Å². The topological polar surface area (TPSA) is 78.9 Å². The highest BCUT2D eigenvalue weighted by Crippen LogP contribution is 2.30. The first-order valence-corrected chi connectivity index (χ1v) is 10.5. The van der Waals surface area contributed by atoms with Gasteiger partial charge in [0.2, 0.25) is 5.91 Å². The highest BCUT2D eigenvalue weighted by Gasteiger charge is 2.32. The van der Waals surface area contributed by atoms with Gasteiger partial charge in [0.1, 0.15) is 11.6 Å². The van der Waals surface area contributed by atoms with Gasteiger partial charge in [-0.1, -0.05) is 12.1 Å². The molecule has 0 atom stereocenters. The van der Waals surface area contributed by atoms with E-state index in [1.807, 2.05) is 19.1 Å². The summed E-state index contributed by atoms with van der Waals surface area (Å²) in [6.45, 7) is 1.92. The van der Waals surface area contributed by atoms with E-state index in [4.69, 9.17) is 4.74 Å². The highest BCUT2D eigenvalue weighted by molar-refractivity contribution is 9.10. The lowest BCUT2D eigenvalue weighted by Gasteiger charge is -2.32. The van der Waals surface area contributed by atoms with Gasteiger partial charge in [-0.05, 0) is 72.3 Å². The molecule has 1 aliphatic rings. The van der Waals surface area contributed by atoms with Crippen LogP contribution in [0.25, 0.3) is 0 Å². The number of benzene rings is 2. The van der Waals surface area contributed by atoms with Crippen LogP contribution in [0.5, 0.6) is 5.75 Å². The van der Waals surface area contributed by atoms with Crippen LogP contribution < -0.4 is 10.1 Å². The molecule has 1 saturated carbocycles. The lowest BCUT2D eigenvalue weighted by Crippen LogP contribution is -2.41. The Labute approximate surface area is 183 Å². The average Bonchev–Trinajstić information content (AvgIpc) is 2.76. The van der Waals surface area contributed by atoms with Crippen LogP contribution in [-0.4, -0.2) is 35.2 Å². The fraction of sp³-hybridized carbons (Fsp3) is 0.364. The number of nitrogens with one attached hydrogen (secondary N) is 1. The molecule has 3 rings (SSSR count). The molecular formula is C22H24BrFN2O4. The summed E-state index contributed by atoms with van der Waals surface area (Å²) in [7, 11) is 1.58. The van der Waals surface area contributed by atoms with E-state index in [0.717, 1.165) is 5.56 Å². The summed E-state index contributed by atoms with van der Waals surface area (Å²) >= 11 is 3.04. The maximum absolute atomic E-state index is 14.2. The van der Waals surface area contributed by atoms with Gasteiger partial charge >= 0.3 is 0 Å². The normalized spacial score (nSPS) is 18.6. The van der Waals surface area contributed by atoms with E-state index in [1.54, 1.807) is 13.2 Å². The number of carbonyl (C=O) groups is 2. The predicted octanol–water partition coefficient (Wildman–Crippen LogP) is 4.93. The van der Waals surface area contributed by atoms with Crippen LogP contribution in [0.3, 0.4) is 0 Å². The van der Waals surface area contributed by atoms with Gasteiger partial charge in [-0.3, -0.25) is 14.8 Å². The minimum atomic E-state index is -0.784. The maximum Gasteiger partial charge on any atom is 0.280 e. The molecule has 160 valence electrons. The second kappa shape index (κ2) is 9.57. The van der Waals surface area contributed by atoms with Gasteiger partial charge in [-0.25, -0.2) is 9.45 Å². The van der Waals surface area contributed by atoms with Crippen molar-refractivity contribution in [3.05, 3.63) is 57.8 Å². The summed E-state index contributed by atoms with van der Waals surface area (Å²) in [5, 5.41) is 13.8. The van der Waals surface area contributed by atoms with Gasteiger partial charge in [-0.2, -0.15) is 0 Å². The van der Waals surface area contributed by atoms with E-state index in [-0.39, 0.29) is 21.9 Å². The fourth-order valence-corrected chi connectivity index (χ4v) is 4.05. The second-order valence-corrected chi connectivity index (χ2v) is 8.28. The minimum Gasteiger partial charge on any atom is -0.496 e. The Morgan fingerprint density at radius 1 is 1.20 bits per heavy atom. The lowest BCUT2D eigenvalue weighted by molar-refractivity contribution is -0.124. The Morgan fingerprint density at radius 2 is 1.90 bits per heavy atom. The molecule has 30 heavy (non-hydrogen) atoms. The number of hydroxylamine groups is 2. The third-order valence-electron chi connectivity index (χ3n) is 5.48. The van der Waals surface area contributed by atoms with Crippen LogP contribution in [0.2, 0.25) is 0 Å². The monoisotopic (exact) mass is 478 g/mol. The summed E-state index contributed by atoms with van der Waals surface area (Å²) in [5.74, 6) is -1.12. The molecule has 1 fully saturated rings. The van der Waals surface area contributed by atoms with Crippen molar-refractivity contribution >= 4 is 33.4 Å². The number of rotatable bonds is 5. The number of methoxy groups -OCH3 is 1. The molecule has 0 bridgehead atoms. The van der Waals surface area contributed by atoms with Crippen molar-refractivity contribution < 1.29 is 23.9 Å². The molecule has 0 spiro atoms. The number of hydrogen-bond acceptors (Lipinski definition) is 4. The number of halogens is 2. The Hall–Kier alpha value is -2.45. The summed E-state index contributed by atoms with van der Waals surface area (Å²) in [5.41, 5.74) is 1.44. The molecule has 0 heterocycles. The van der Waals surface area contributed by atoms with Gasteiger partial charge in [0.25, 0.3) is 5.91 Å². The van der Waals surface area contributed by atoms with Crippen LogP contribution in [0.15, 0.2) is 40.9 Å². The van der Waals surface area contributed by atoms with Crippen LogP contribution in [0, 0.1) is 18.7 Å². The molecule has 2 aromatic carbocycles. The Bertz CT molecular complexity index is 945. The number of hydrogen-bond donors (Lipinski definition) is 2. The summed E-state index contributed by atoms with van der Waals surface area (Å²) in [6.07, 6.45) is 1.94.